The highest BCUT2D eigenvalue weighted by molar-refractivity contribution is 6.48. The molecule has 102 heavy (non-hydrogen) atoms. The van der Waals surface area contributed by atoms with Gasteiger partial charge < -0.3 is 56.8 Å². The van der Waals surface area contributed by atoms with Crippen molar-refractivity contribution in [2.75, 3.05) is 89.1 Å². The van der Waals surface area contributed by atoms with Crippen molar-refractivity contribution in [2.45, 2.75) is 79.1 Å². The van der Waals surface area contributed by atoms with Gasteiger partial charge in [0.1, 0.15) is 95.4 Å². The summed E-state index contributed by atoms with van der Waals surface area (Å²) in [7, 11) is 0. The van der Waals surface area contributed by atoms with Crippen LogP contribution < -0.4 is 47.7 Å². The Hall–Kier alpha value is -10.8. The molecule has 17 rings (SSSR count). The quantitative estimate of drug-likeness (QED) is 0.0662. The van der Waals surface area contributed by atoms with Crippen molar-refractivity contribution < 1.29 is 76.0 Å². The maximum absolute atomic E-state index is 16.6. The molecule has 4 amide bonds. The van der Waals surface area contributed by atoms with Gasteiger partial charge in [-0.3, -0.25) is 19.2 Å². The number of anilines is 2. The molecule has 6 aliphatic heterocycles. The van der Waals surface area contributed by atoms with Gasteiger partial charge in [-0.25, -0.2) is 9.80 Å². The average Bonchev–Trinajstić information content (AvgIpc) is 0.670. The van der Waals surface area contributed by atoms with Gasteiger partial charge in [-0.2, -0.15) is 0 Å². The number of imide groups is 2. The number of carbonyl (C=O) groups is 4. The molecule has 18 nitrogen and oxygen atoms in total. The Kier molecular flexibility index (Phi) is 18.6. The predicted molar refractivity (Wildman–Crippen MR) is 390 cm³/mol. The lowest BCUT2D eigenvalue weighted by atomic mass is 9.80. The normalized spacial score (nSPS) is 15.8. The van der Waals surface area contributed by atoms with Gasteiger partial charge in [-0.15, -0.1) is 0 Å². The molecule has 0 aliphatic carbocycles. The lowest BCUT2D eigenvalue weighted by Crippen LogP contribution is -2.42. The summed E-state index contributed by atoms with van der Waals surface area (Å²) < 4.78 is 78.7. The second-order valence-electron chi connectivity index (χ2n) is 26.9. The first-order valence-corrected chi connectivity index (χ1v) is 34.9. The topological polar surface area (TPSA) is 186 Å². The van der Waals surface area contributed by atoms with Gasteiger partial charge in [0.2, 0.25) is 0 Å². The fourth-order valence-corrected chi connectivity index (χ4v) is 14.3. The summed E-state index contributed by atoms with van der Waals surface area (Å²) in [5.74, 6) is 0.610. The Bertz CT molecular complexity index is 4500. The van der Waals surface area contributed by atoms with Gasteiger partial charge in [-0.1, -0.05) is 116 Å². The molecule has 0 saturated heterocycles. The van der Waals surface area contributed by atoms with Crippen LogP contribution in [0.2, 0.25) is 0 Å². The van der Waals surface area contributed by atoms with Crippen LogP contribution in [0.15, 0.2) is 158 Å². The zero-order valence-electron chi connectivity index (χ0n) is 58.2. The van der Waals surface area contributed by atoms with Crippen LogP contribution in [-0.4, -0.2) is 103 Å². The number of amides is 4. The average molecular weight is 1370 g/mol. The van der Waals surface area contributed by atoms with E-state index in [0.29, 0.717) is 116 Å². The monoisotopic (exact) mass is 1370 g/mol. The van der Waals surface area contributed by atoms with Gasteiger partial charge in [0.25, 0.3) is 23.6 Å². The van der Waals surface area contributed by atoms with E-state index in [4.69, 9.17) is 56.8 Å². The van der Waals surface area contributed by atoms with Crippen molar-refractivity contribution in [1.29, 1.82) is 0 Å². The second kappa shape index (κ2) is 28.3. The number of para-hydroxylation sites is 2. The highest BCUT2D eigenvalue weighted by atomic mass is 16.6. The minimum Gasteiger partial charge on any atom is -0.491 e. The molecule has 18 heteroatoms. The Morgan fingerprint density at radius 3 is 0.706 bits per heavy atom. The van der Waals surface area contributed by atoms with E-state index in [9.17, 15) is 0 Å². The van der Waals surface area contributed by atoms with Crippen LogP contribution >= 0.6 is 0 Å². The summed E-state index contributed by atoms with van der Waals surface area (Å²) in [5.41, 5.74) is 4.65. The van der Waals surface area contributed by atoms with Crippen molar-refractivity contribution in [3.05, 3.63) is 202 Å². The number of hydrogen-bond acceptors (Lipinski definition) is 16. The number of fused-ring (bicyclic) bond motifs is 18. The second-order valence-corrected chi connectivity index (χ2v) is 26.9. The first kappa shape index (κ1) is 67.1. The van der Waals surface area contributed by atoms with Crippen LogP contribution in [0.4, 0.5) is 11.4 Å². The SMILES string of the molecule is CC(C)c1cccc(C(C)C)c1N1C(=O)c2cc3c4c5c6cc7c8c(cc(c(c9c(cc(c2c49)C1=O)Oc1cccc(c1)OCCOCCOCCOc1cccc(c1)O6)c85)Oc1cccc(c1)OCCOCCOCCOc1cccc(c1)O3)C(=O)N(c1c(C(C)C)cccc1C(C)C)C7=O. The van der Waals surface area contributed by atoms with Crippen LogP contribution in [0.5, 0.6) is 69.0 Å². The standard InChI is InChI=1S/C84H78N2O16/c1-47(2)59-23-13-24-60(48(3)4)79(59)85-81(87)63-43-67-73-75-69-45-65-72-66(84(90)86(83(65)89)80-61(49(5)6)25-14-26-62(80)50(7)8)46-70(102-58-22-12-18-54(42-58)97-37-33-93-29-27-91-31-35-95-51-15-9-19-55(39-51)99-67)76(78(72)75)74-68(44-64(82(85)88)71(63)77(73)74)100-56-20-10-16-52(40-56)96-36-32-92-28-30-94-34-38-98-53-17-11-21-57(41-53)101-69/h9-26,39-50H,27-38H2,1-8H3. The van der Waals surface area contributed by atoms with E-state index in [1.165, 1.54) is 9.80 Å². The van der Waals surface area contributed by atoms with Crippen molar-refractivity contribution in [2.24, 2.45) is 0 Å². The lowest BCUT2D eigenvalue weighted by molar-refractivity contribution is 0.0273. The molecule has 0 atom stereocenters. The van der Waals surface area contributed by atoms with Crippen LogP contribution in [0.3, 0.4) is 0 Å². The van der Waals surface area contributed by atoms with Gasteiger partial charge in [0, 0.05) is 67.4 Å². The summed E-state index contributed by atoms with van der Waals surface area (Å²) in [6.07, 6.45) is 0. The van der Waals surface area contributed by atoms with Crippen LogP contribution in [-0.2, 0) is 18.9 Å². The highest BCUT2D eigenvalue weighted by Gasteiger charge is 2.44. The molecule has 18 bridgehead atoms. The molecular formula is C84H78N2O16. The molecular weight excluding hydrogens is 1290 g/mol. The third-order valence-corrected chi connectivity index (χ3v) is 18.9. The summed E-state index contributed by atoms with van der Waals surface area (Å²) in [4.78, 5) is 69.1. The van der Waals surface area contributed by atoms with Crippen LogP contribution in [0, 0.1) is 0 Å². The number of ether oxygens (including phenoxy) is 12. The van der Waals surface area contributed by atoms with E-state index >= 15 is 19.2 Å². The molecule has 11 aromatic carbocycles. The maximum Gasteiger partial charge on any atom is 0.266 e. The molecule has 0 spiro atoms. The first-order valence-electron chi connectivity index (χ1n) is 34.9. The van der Waals surface area contributed by atoms with E-state index < -0.39 is 23.6 Å². The minimum atomic E-state index is -0.607. The van der Waals surface area contributed by atoms with Crippen molar-refractivity contribution in [3.8, 4) is 69.0 Å². The van der Waals surface area contributed by atoms with Crippen LogP contribution in [0.25, 0.3) is 43.1 Å². The molecule has 0 aromatic heterocycles. The smallest absolute Gasteiger partial charge is 0.266 e. The molecule has 6 heterocycles. The van der Waals surface area contributed by atoms with Gasteiger partial charge in [-0.05, 0) is 119 Å². The van der Waals surface area contributed by atoms with E-state index in [1.807, 2.05) is 116 Å². The summed E-state index contributed by atoms with van der Waals surface area (Å²) in [5, 5.41) is 2.50. The molecule has 6 aliphatic rings. The van der Waals surface area contributed by atoms with E-state index in [2.05, 4.69) is 0 Å². The molecule has 0 N–H and O–H groups in total. The van der Waals surface area contributed by atoms with Crippen molar-refractivity contribution in [3.63, 3.8) is 0 Å². The fourth-order valence-electron chi connectivity index (χ4n) is 14.3. The number of benzene rings is 11. The molecule has 0 unspecified atom stereocenters. The largest absolute Gasteiger partial charge is 0.491 e. The van der Waals surface area contributed by atoms with Gasteiger partial charge >= 0.3 is 0 Å². The minimum absolute atomic E-state index is 0.128. The van der Waals surface area contributed by atoms with Crippen molar-refractivity contribution in [1.82, 2.24) is 0 Å². The van der Waals surface area contributed by atoms with Crippen LogP contribution in [0.1, 0.15) is 143 Å². The third kappa shape index (κ3) is 12.6. The van der Waals surface area contributed by atoms with Gasteiger partial charge in [0.05, 0.1) is 86.5 Å². The molecule has 520 valence electrons. The number of nitrogens with zero attached hydrogens (tertiary/aromatic N) is 2. The summed E-state index contributed by atoms with van der Waals surface area (Å²) >= 11 is 0. The zero-order chi connectivity index (χ0) is 70.4. The van der Waals surface area contributed by atoms with Crippen molar-refractivity contribution >= 4 is 78.1 Å². The molecule has 11 aromatic rings. The lowest BCUT2D eigenvalue weighted by Gasteiger charge is -2.35. The predicted octanol–water partition coefficient (Wildman–Crippen LogP) is 18.6. The Morgan fingerprint density at radius 1 is 0.255 bits per heavy atom. The number of carbonyl (C=O) groups excluding carboxylic acids is 4. The maximum atomic E-state index is 16.6. The molecule has 0 saturated carbocycles. The van der Waals surface area contributed by atoms with E-state index in [1.54, 1.807) is 97.1 Å². The van der Waals surface area contributed by atoms with E-state index in [-0.39, 0.29) is 133 Å². The Labute approximate surface area is 590 Å². The van der Waals surface area contributed by atoms with E-state index in [0.717, 1.165) is 22.3 Å². The summed E-state index contributed by atoms with van der Waals surface area (Å²) in [6.45, 7) is 19.3. The number of rotatable bonds is 6. The molecule has 0 radical (unpaired) electrons. The number of hydrogen-bond donors (Lipinski definition) is 0. The highest BCUT2D eigenvalue weighted by Crippen LogP contribution is 2.59. The third-order valence-electron chi connectivity index (χ3n) is 18.9. The zero-order valence-corrected chi connectivity index (χ0v) is 58.2. The Balaban J connectivity index is 1.14. The first-order chi connectivity index (χ1) is 49.6. The fraction of sp³-hybridized carbons (Fsp3) is 0.286. The molecule has 0 fully saturated rings. The summed E-state index contributed by atoms with van der Waals surface area (Å²) in [6, 6.07) is 47.1. The van der Waals surface area contributed by atoms with Gasteiger partial charge in [0.15, 0.2) is 0 Å². The Morgan fingerprint density at radius 2 is 0.471 bits per heavy atom.